The molecular formula is C20H20FN3O. The molecule has 1 amide bonds. The van der Waals surface area contributed by atoms with E-state index in [1.807, 2.05) is 0 Å². The molecule has 1 spiro atoms. The summed E-state index contributed by atoms with van der Waals surface area (Å²) in [5.74, 6) is 0.286. The molecule has 1 N–H and O–H groups in total. The van der Waals surface area contributed by atoms with Gasteiger partial charge in [-0.3, -0.25) is 4.79 Å². The van der Waals surface area contributed by atoms with Crippen LogP contribution in [0.1, 0.15) is 41.6 Å². The van der Waals surface area contributed by atoms with Crippen LogP contribution in [-0.4, -0.2) is 35.4 Å². The molecule has 3 heterocycles. The Balaban J connectivity index is 1.55. The molecule has 2 fully saturated rings. The summed E-state index contributed by atoms with van der Waals surface area (Å²) in [6.07, 6.45) is 6.02. The molecule has 2 aromatic rings. The Hall–Kier alpha value is -2.43. The monoisotopic (exact) mass is 337 g/mol. The molecule has 1 aromatic carbocycles. The van der Waals surface area contributed by atoms with Crippen LogP contribution in [0.15, 0.2) is 30.5 Å². The molecule has 1 saturated carbocycles. The number of likely N-dealkylation sites (tertiary alicyclic amines) is 1. The second-order valence-electron chi connectivity index (χ2n) is 7.42. The number of carbonyl (C=O) groups is 1. The lowest BCUT2D eigenvalue weighted by atomic mass is 9.96. The van der Waals surface area contributed by atoms with Crippen LogP contribution in [0.4, 0.5) is 10.2 Å². The molecule has 1 saturated heterocycles. The molecule has 5 heteroatoms. The van der Waals surface area contributed by atoms with Gasteiger partial charge in [0.1, 0.15) is 11.6 Å². The molecule has 25 heavy (non-hydrogen) atoms. The van der Waals surface area contributed by atoms with Gasteiger partial charge in [0.15, 0.2) is 0 Å². The van der Waals surface area contributed by atoms with Crippen LogP contribution >= 0.6 is 0 Å². The summed E-state index contributed by atoms with van der Waals surface area (Å²) in [6.45, 7) is 2.36. The van der Waals surface area contributed by atoms with Gasteiger partial charge in [-0.15, -0.1) is 0 Å². The van der Waals surface area contributed by atoms with Crippen molar-refractivity contribution in [3.05, 3.63) is 47.4 Å². The Bertz CT molecular complexity index is 869. The van der Waals surface area contributed by atoms with Gasteiger partial charge in [0.25, 0.3) is 5.91 Å². The number of aromatic nitrogens is 1. The molecular weight excluding hydrogens is 317 g/mol. The summed E-state index contributed by atoms with van der Waals surface area (Å²) in [4.78, 5) is 18.8. The topological polar surface area (TPSA) is 45.2 Å². The SMILES string of the molecule is O=C(c1cccc(-c2cnc3c(c2)C2(CC2)CN3)c1F)N1CCCC1. The van der Waals surface area contributed by atoms with Gasteiger partial charge < -0.3 is 10.2 Å². The van der Waals surface area contributed by atoms with E-state index in [9.17, 15) is 4.79 Å². The molecule has 1 aliphatic carbocycles. The molecule has 0 bridgehead atoms. The first-order valence-electron chi connectivity index (χ1n) is 9.01. The standard InChI is InChI=1S/C20H20FN3O/c21-17-14(4-3-5-15(17)19(25)24-8-1-2-9-24)13-10-16-18(22-11-13)23-12-20(16)6-7-20/h3-5,10-11H,1-2,6-9,12H2,(H,22,23). The molecule has 4 nitrogen and oxygen atoms in total. The smallest absolute Gasteiger partial charge is 0.256 e. The minimum atomic E-state index is -0.433. The highest BCUT2D eigenvalue weighted by Gasteiger charge is 2.49. The molecule has 2 aliphatic heterocycles. The van der Waals surface area contributed by atoms with Crippen molar-refractivity contribution in [1.29, 1.82) is 0 Å². The Morgan fingerprint density at radius 1 is 1.24 bits per heavy atom. The molecule has 128 valence electrons. The minimum absolute atomic E-state index is 0.166. The zero-order valence-electron chi connectivity index (χ0n) is 14.0. The average molecular weight is 337 g/mol. The Morgan fingerprint density at radius 3 is 2.80 bits per heavy atom. The van der Waals surface area contributed by atoms with E-state index in [1.165, 1.54) is 5.56 Å². The summed E-state index contributed by atoms with van der Waals surface area (Å²) < 4.78 is 15.1. The van der Waals surface area contributed by atoms with E-state index in [-0.39, 0.29) is 16.9 Å². The van der Waals surface area contributed by atoms with E-state index in [2.05, 4.69) is 16.4 Å². The first-order valence-corrected chi connectivity index (χ1v) is 9.01. The third-order valence-electron chi connectivity index (χ3n) is 5.84. The van der Waals surface area contributed by atoms with Crippen LogP contribution in [-0.2, 0) is 5.41 Å². The molecule has 0 atom stereocenters. The Kier molecular flexibility index (Phi) is 3.14. The van der Waals surface area contributed by atoms with Crippen molar-refractivity contribution >= 4 is 11.7 Å². The maximum Gasteiger partial charge on any atom is 0.256 e. The molecule has 0 radical (unpaired) electrons. The number of amides is 1. The van der Waals surface area contributed by atoms with Crippen molar-refractivity contribution in [3.8, 4) is 11.1 Å². The quantitative estimate of drug-likeness (QED) is 0.911. The molecule has 5 rings (SSSR count). The number of nitrogens with one attached hydrogen (secondary N) is 1. The van der Waals surface area contributed by atoms with Gasteiger partial charge in [-0.2, -0.15) is 0 Å². The van der Waals surface area contributed by atoms with E-state index in [0.717, 1.165) is 56.7 Å². The maximum atomic E-state index is 15.1. The van der Waals surface area contributed by atoms with Gasteiger partial charge in [0.05, 0.1) is 5.56 Å². The van der Waals surface area contributed by atoms with E-state index < -0.39 is 5.82 Å². The first kappa shape index (κ1) is 14.9. The lowest BCUT2D eigenvalue weighted by Crippen LogP contribution is -2.28. The number of anilines is 1. The second-order valence-corrected chi connectivity index (χ2v) is 7.42. The highest BCUT2D eigenvalue weighted by molar-refractivity contribution is 5.96. The van der Waals surface area contributed by atoms with E-state index in [0.29, 0.717) is 5.56 Å². The summed E-state index contributed by atoms with van der Waals surface area (Å²) in [5.41, 5.74) is 2.78. The van der Waals surface area contributed by atoms with Crippen molar-refractivity contribution in [3.63, 3.8) is 0 Å². The lowest BCUT2D eigenvalue weighted by molar-refractivity contribution is 0.0788. The van der Waals surface area contributed by atoms with Gasteiger partial charge in [-0.05, 0) is 37.8 Å². The number of hydrogen-bond donors (Lipinski definition) is 1. The van der Waals surface area contributed by atoms with E-state index in [1.54, 1.807) is 29.3 Å². The fourth-order valence-electron chi connectivity index (χ4n) is 4.11. The fraction of sp³-hybridized carbons (Fsp3) is 0.400. The van der Waals surface area contributed by atoms with Crippen molar-refractivity contribution < 1.29 is 9.18 Å². The van der Waals surface area contributed by atoms with Crippen LogP contribution in [0.25, 0.3) is 11.1 Å². The maximum absolute atomic E-state index is 15.1. The van der Waals surface area contributed by atoms with Gasteiger partial charge >= 0.3 is 0 Å². The van der Waals surface area contributed by atoms with Crippen molar-refractivity contribution in [2.45, 2.75) is 31.1 Å². The zero-order chi connectivity index (χ0) is 17.0. The van der Waals surface area contributed by atoms with Crippen LogP contribution < -0.4 is 5.32 Å². The second kappa shape index (κ2) is 5.28. The molecule has 0 unspecified atom stereocenters. The Morgan fingerprint density at radius 2 is 2.04 bits per heavy atom. The summed E-state index contributed by atoms with van der Waals surface area (Å²) in [7, 11) is 0. The lowest BCUT2D eigenvalue weighted by Gasteiger charge is -2.17. The first-order chi connectivity index (χ1) is 12.2. The van der Waals surface area contributed by atoms with Crippen LogP contribution in [0, 0.1) is 5.82 Å². The third-order valence-corrected chi connectivity index (χ3v) is 5.84. The van der Waals surface area contributed by atoms with Crippen LogP contribution in [0.3, 0.4) is 0 Å². The average Bonchev–Trinajstić information content (AvgIpc) is 3.05. The van der Waals surface area contributed by atoms with Crippen LogP contribution in [0.5, 0.6) is 0 Å². The number of fused-ring (bicyclic) bond motifs is 2. The highest BCUT2D eigenvalue weighted by Crippen LogP contribution is 2.54. The minimum Gasteiger partial charge on any atom is -0.369 e. The third kappa shape index (κ3) is 2.25. The van der Waals surface area contributed by atoms with Crippen molar-refractivity contribution in [1.82, 2.24) is 9.88 Å². The predicted molar refractivity (Wildman–Crippen MR) is 94.2 cm³/mol. The number of benzene rings is 1. The predicted octanol–water partition coefficient (Wildman–Crippen LogP) is 3.58. The summed E-state index contributed by atoms with van der Waals surface area (Å²) in [5, 5.41) is 3.35. The van der Waals surface area contributed by atoms with Crippen molar-refractivity contribution in [2.75, 3.05) is 25.0 Å². The largest absolute Gasteiger partial charge is 0.369 e. The zero-order valence-corrected chi connectivity index (χ0v) is 14.0. The van der Waals surface area contributed by atoms with E-state index >= 15 is 4.39 Å². The van der Waals surface area contributed by atoms with Gasteiger partial charge in [-0.1, -0.05) is 12.1 Å². The number of rotatable bonds is 2. The summed E-state index contributed by atoms with van der Waals surface area (Å²) >= 11 is 0. The highest BCUT2D eigenvalue weighted by atomic mass is 19.1. The van der Waals surface area contributed by atoms with Crippen LogP contribution in [0.2, 0.25) is 0 Å². The normalized spacial score (nSPS) is 19.8. The number of pyridine rings is 1. The van der Waals surface area contributed by atoms with Gasteiger partial charge in [0, 0.05) is 47.9 Å². The number of carbonyl (C=O) groups excluding carboxylic acids is 1. The fourth-order valence-corrected chi connectivity index (χ4v) is 4.11. The number of nitrogens with zero attached hydrogens (tertiary/aromatic N) is 2. The van der Waals surface area contributed by atoms with Gasteiger partial charge in [0.2, 0.25) is 0 Å². The molecule has 1 aromatic heterocycles. The molecule has 3 aliphatic rings. The van der Waals surface area contributed by atoms with E-state index in [4.69, 9.17) is 0 Å². The number of hydrogen-bond acceptors (Lipinski definition) is 3. The Labute approximate surface area is 146 Å². The summed E-state index contributed by atoms with van der Waals surface area (Å²) in [6, 6.07) is 7.14. The van der Waals surface area contributed by atoms with Gasteiger partial charge in [-0.25, -0.2) is 9.37 Å². The number of halogens is 1. The van der Waals surface area contributed by atoms with Crippen molar-refractivity contribution in [2.24, 2.45) is 0 Å².